The number of rotatable bonds is 6. The fourth-order valence-electron chi connectivity index (χ4n) is 8.45. The van der Waals surface area contributed by atoms with Gasteiger partial charge in [-0.3, -0.25) is 0 Å². The molecule has 0 bridgehead atoms. The molecule has 0 atom stereocenters. The number of nitrogens with zero attached hydrogens (tertiary/aromatic N) is 5. The molecule has 11 aromatic rings. The van der Waals surface area contributed by atoms with E-state index in [0.29, 0.717) is 39.9 Å². The normalized spacial score (nSPS) is 11.9. The van der Waals surface area contributed by atoms with E-state index in [9.17, 15) is 13.2 Å². The first kappa shape index (κ1) is 35.3. The molecule has 8 aromatic carbocycles. The van der Waals surface area contributed by atoms with Crippen LogP contribution >= 0.6 is 0 Å². The molecule has 0 saturated carbocycles. The molecule has 0 aliphatic rings. The van der Waals surface area contributed by atoms with Crippen LogP contribution in [0.1, 0.15) is 5.56 Å². The molecule has 0 amide bonds. The average Bonchev–Trinajstić information content (AvgIpc) is 3.80. The Hall–Kier alpha value is -7.84. The molecule has 5 nitrogen and oxygen atoms in total. The molecule has 0 N–H and O–H groups in total. The molecule has 0 radical (unpaired) electrons. The van der Waals surface area contributed by atoms with E-state index in [1.807, 2.05) is 109 Å². The predicted octanol–water partition coefficient (Wildman–Crippen LogP) is 13.8. The molecule has 3 aromatic heterocycles. The summed E-state index contributed by atoms with van der Waals surface area (Å²) in [5.41, 5.74) is 8.23. The lowest BCUT2D eigenvalue weighted by Gasteiger charge is -2.17. The summed E-state index contributed by atoms with van der Waals surface area (Å²) in [6, 6.07) is 62.1. The number of aromatic nitrogens is 5. The molecule has 8 heteroatoms. The van der Waals surface area contributed by atoms with E-state index < -0.39 is 11.7 Å². The average molecular weight is 784 g/mol. The zero-order chi connectivity index (χ0) is 40.4. The topological polar surface area (TPSA) is 48.5 Å². The third-order valence-electron chi connectivity index (χ3n) is 11.2. The van der Waals surface area contributed by atoms with Crippen LogP contribution in [0.5, 0.6) is 0 Å². The fourth-order valence-corrected chi connectivity index (χ4v) is 8.45. The highest BCUT2D eigenvalue weighted by molar-refractivity contribution is 6.19. The minimum atomic E-state index is -4.54. The Bertz CT molecular complexity index is 3350. The summed E-state index contributed by atoms with van der Waals surface area (Å²) in [5.74, 6) is 1.38. The molecule has 0 unspecified atom stereocenters. The summed E-state index contributed by atoms with van der Waals surface area (Å²) in [4.78, 5) is 14.8. The van der Waals surface area contributed by atoms with Crippen LogP contribution < -0.4 is 0 Å². The molecule has 0 aliphatic heterocycles. The number of fused-ring (bicyclic) bond motifs is 6. The van der Waals surface area contributed by atoms with Gasteiger partial charge in [0.15, 0.2) is 17.5 Å². The van der Waals surface area contributed by atoms with Gasteiger partial charge in [-0.1, -0.05) is 127 Å². The van der Waals surface area contributed by atoms with Crippen molar-refractivity contribution in [1.82, 2.24) is 24.1 Å². The summed E-state index contributed by atoms with van der Waals surface area (Å²) < 4.78 is 47.7. The van der Waals surface area contributed by atoms with Crippen molar-refractivity contribution in [2.24, 2.45) is 0 Å². The molecule has 286 valence electrons. The van der Waals surface area contributed by atoms with Gasteiger partial charge in [0.2, 0.25) is 0 Å². The molecule has 0 fully saturated rings. The number of alkyl halides is 3. The molecule has 0 spiro atoms. The van der Waals surface area contributed by atoms with Crippen LogP contribution in [-0.2, 0) is 6.18 Å². The zero-order valence-electron chi connectivity index (χ0n) is 31.8. The highest BCUT2D eigenvalue weighted by Crippen LogP contribution is 2.43. The van der Waals surface area contributed by atoms with Crippen LogP contribution in [0.3, 0.4) is 0 Å². The van der Waals surface area contributed by atoms with Gasteiger partial charge in [-0.15, -0.1) is 0 Å². The van der Waals surface area contributed by atoms with E-state index in [0.717, 1.165) is 66.5 Å². The third kappa shape index (κ3) is 5.91. The number of halogens is 3. The molecule has 0 aliphatic carbocycles. The number of hydrogen-bond acceptors (Lipinski definition) is 3. The standard InChI is InChI=1S/C52H32F3N5/c53-52(54,55)37-20-14-19-35(29-37)41-30-36(51-57-49(33-15-4-1-5-16-33)56-50(58-51)34-17-6-2-7-18-34)27-28-46(41)60-45-26-13-11-24-40(45)43-31-42-39-23-10-12-25-44(39)59(47(42)32-48(43)60)38-21-8-3-9-22-38/h1-32H. The van der Waals surface area contributed by atoms with Crippen LogP contribution in [0, 0.1) is 0 Å². The van der Waals surface area contributed by atoms with Crippen LogP contribution in [0.2, 0.25) is 0 Å². The minimum absolute atomic E-state index is 0.402. The largest absolute Gasteiger partial charge is 0.416 e. The van der Waals surface area contributed by atoms with Crippen LogP contribution in [0.4, 0.5) is 13.2 Å². The van der Waals surface area contributed by atoms with Gasteiger partial charge in [0.05, 0.1) is 33.3 Å². The Kier molecular flexibility index (Phi) is 8.20. The lowest BCUT2D eigenvalue weighted by Crippen LogP contribution is -2.05. The number of para-hydroxylation sites is 3. The second-order valence-corrected chi connectivity index (χ2v) is 14.8. The van der Waals surface area contributed by atoms with Gasteiger partial charge in [0, 0.05) is 49.5 Å². The summed E-state index contributed by atoms with van der Waals surface area (Å²) in [5, 5.41) is 4.30. The van der Waals surface area contributed by atoms with Crippen molar-refractivity contribution >= 4 is 43.6 Å². The highest BCUT2D eigenvalue weighted by Gasteiger charge is 2.31. The van der Waals surface area contributed by atoms with E-state index >= 15 is 0 Å². The second-order valence-electron chi connectivity index (χ2n) is 14.8. The summed E-state index contributed by atoms with van der Waals surface area (Å²) >= 11 is 0. The lowest BCUT2D eigenvalue weighted by molar-refractivity contribution is -0.137. The highest BCUT2D eigenvalue weighted by atomic mass is 19.4. The third-order valence-corrected chi connectivity index (χ3v) is 11.2. The maximum atomic E-state index is 14.4. The van der Waals surface area contributed by atoms with Gasteiger partial charge in [-0.05, 0) is 72.3 Å². The van der Waals surface area contributed by atoms with Gasteiger partial charge in [-0.25, -0.2) is 15.0 Å². The van der Waals surface area contributed by atoms with E-state index in [-0.39, 0.29) is 0 Å². The maximum Gasteiger partial charge on any atom is 0.416 e. The Balaban J connectivity index is 1.21. The number of benzene rings is 8. The lowest BCUT2D eigenvalue weighted by atomic mass is 9.98. The summed E-state index contributed by atoms with van der Waals surface area (Å²) in [6.07, 6.45) is -4.54. The Morgan fingerprint density at radius 1 is 0.350 bits per heavy atom. The molecule has 11 rings (SSSR count). The Morgan fingerprint density at radius 3 is 1.45 bits per heavy atom. The van der Waals surface area contributed by atoms with Gasteiger partial charge in [0.25, 0.3) is 0 Å². The molecule has 0 saturated heterocycles. The van der Waals surface area contributed by atoms with E-state index in [1.54, 1.807) is 6.07 Å². The molecular weight excluding hydrogens is 752 g/mol. The van der Waals surface area contributed by atoms with Crippen molar-refractivity contribution < 1.29 is 13.2 Å². The zero-order valence-corrected chi connectivity index (χ0v) is 31.8. The molecule has 3 heterocycles. The summed E-state index contributed by atoms with van der Waals surface area (Å²) in [7, 11) is 0. The van der Waals surface area contributed by atoms with Gasteiger partial charge in [-0.2, -0.15) is 13.2 Å². The van der Waals surface area contributed by atoms with Crippen molar-refractivity contribution in [2.45, 2.75) is 6.18 Å². The van der Waals surface area contributed by atoms with Crippen molar-refractivity contribution in [2.75, 3.05) is 0 Å². The van der Waals surface area contributed by atoms with Crippen LogP contribution in [0.25, 0.3) is 100 Å². The van der Waals surface area contributed by atoms with Gasteiger partial charge >= 0.3 is 6.18 Å². The smallest absolute Gasteiger partial charge is 0.309 e. The van der Waals surface area contributed by atoms with Crippen LogP contribution in [0.15, 0.2) is 194 Å². The van der Waals surface area contributed by atoms with E-state index in [4.69, 9.17) is 15.0 Å². The first-order valence-corrected chi connectivity index (χ1v) is 19.6. The predicted molar refractivity (Wildman–Crippen MR) is 235 cm³/mol. The second kappa shape index (κ2) is 13.9. The van der Waals surface area contributed by atoms with Crippen molar-refractivity contribution in [3.63, 3.8) is 0 Å². The van der Waals surface area contributed by atoms with Crippen LogP contribution in [-0.4, -0.2) is 24.1 Å². The van der Waals surface area contributed by atoms with Crippen molar-refractivity contribution in [3.8, 4) is 56.7 Å². The van der Waals surface area contributed by atoms with Gasteiger partial charge in [0.1, 0.15) is 0 Å². The monoisotopic (exact) mass is 783 g/mol. The SMILES string of the molecule is FC(F)(F)c1cccc(-c2cc(-c3nc(-c4ccccc4)nc(-c4ccccc4)n3)ccc2-n2c3ccccc3c3cc4c5ccccc5n(-c5ccccc5)c4cc32)c1. The van der Waals surface area contributed by atoms with Crippen molar-refractivity contribution in [3.05, 3.63) is 200 Å². The quantitative estimate of drug-likeness (QED) is 0.169. The fraction of sp³-hybridized carbons (Fsp3) is 0.0192. The van der Waals surface area contributed by atoms with E-state index in [2.05, 4.69) is 69.8 Å². The van der Waals surface area contributed by atoms with E-state index in [1.165, 1.54) is 12.1 Å². The molecule has 60 heavy (non-hydrogen) atoms. The minimum Gasteiger partial charge on any atom is -0.309 e. The van der Waals surface area contributed by atoms with Gasteiger partial charge < -0.3 is 9.13 Å². The Labute approximate surface area is 342 Å². The maximum absolute atomic E-state index is 14.4. The molecular formula is C52H32F3N5. The summed E-state index contributed by atoms with van der Waals surface area (Å²) in [6.45, 7) is 0. The first-order valence-electron chi connectivity index (χ1n) is 19.6. The Morgan fingerprint density at radius 2 is 0.850 bits per heavy atom. The first-order chi connectivity index (χ1) is 29.4. The van der Waals surface area contributed by atoms with Crippen molar-refractivity contribution in [1.29, 1.82) is 0 Å². The number of hydrogen-bond donors (Lipinski definition) is 0.